The van der Waals surface area contributed by atoms with Gasteiger partial charge in [-0.25, -0.2) is 5.43 Å². The molecule has 3 aromatic rings. The van der Waals surface area contributed by atoms with Crippen LogP contribution in [0.5, 0.6) is 17.2 Å². The molecular weight excluding hydrogens is 448 g/mol. The van der Waals surface area contributed by atoms with Crippen molar-refractivity contribution in [1.82, 2.24) is 5.43 Å². The number of carbonyl (C=O) groups is 1. The number of nitrogens with zero attached hydrogens (tertiary/aromatic N) is 1. The van der Waals surface area contributed by atoms with Gasteiger partial charge in [-0.05, 0) is 42.0 Å². The normalized spacial score (nSPS) is 10.6. The molecule has 7 heteroatoms. The molecule has 0 aromatic heterocycles. The molecule has 0 saturated heterocycles. The summed E-state index contributed by atoms with van der Waals surface area (Å²) in [6.07, 6.45) is 1.52. The third-order valence-electron chi connectivity index (χ3n) is 4.23. The van der Waals surface area contributed by atoms with Crippen molar-refractivity contribution < 1.29 is 19.0 Å². The minimum absolute atomic E-state index is 0.343. The van der Waals surface area contributed by atoms with Crippen molar-refractivity contribution in [3.63, 3.8) is 0 Å². The number of carbonyl (C=O) groups excluding carboxylic acids is 1. The zero-order chi connectivity index (χ0) is 21.3. The minimum Gasteiger partial charge on any atom is -0.497 e. The number of benzene rings is 3. The summed E-state index contributed by atoms with van der Waals surface area (Å²) in [5, 5.41) is 4.05. The number of halogens is 1. The fourth-order valence-corrected chi connectivity index (χ4v) is 3.16. The van der Waals surface area contributed by atoms with E-state index in [1.807, 2.05) is 30.3 Å². The van der Waals surface area contributed by atoms with Crippen molar-refractivity contribution in [1.29, 1.82) is 0 Å². The summed E-state index contributed by atoms with van der Waals surface area (Å²) in [4.78, 5) is 12.6. The van der Waals surface area contributed by atoms with Gasteiger partial charge in [0.05, 0.1) is 26.0 Å². The number of nitrogens with one attached hydrogen (secondary N) is 1. The number of hydrazone groups is 1. The molecular formula is C23H21BrN2O4. The van der Waals surface area contributed by atoms with E-state index >= 15 is 0 Å². The molecule has 0 spiro atoms. The first kappa shape index (κ1) is 21.4. The van der Waals surface area contributed by atoms with Gasteiger partial charge in [-0.15, -0.1) is 0 Å². The van der Waals surface area contributed by atoms with Crippen LogP contribution in [0.4, 0.5) is 0 Å². The van der Waals surface area contributed by atoms with Gasteiger partial charge in [-0.3, -0.25) is 4.79 Å². The maximum Gasteiger partial charge on any atom is 0.275 e. The Bertz CT molecular complexity index is 1050. The Morgan fingerprint density at radius 1 is 1.00 bits per heavy atom. The van der Waals surface area contributed by atoms with E-state index in [1.54, 1.807) is 50.6 Å². The third-order valence-corrected chi connectivity index (χ3v) is 4.72. The fraction of sp³-hybridized carbons (Fsp3) is 0.130. The second-order valence-corrected chi connectivity index (χ2v) is 7.14. The predicted molar refractivity (Wildman–Crippen MR) is 120 cm³/mol. The number of ether oxygens (including phenoxy) is 3. The van der Waals surface area contributed by atoms with E-state index in [4.69, 9.17) is 14.2 Å². The first-order valence-corrected chi connectivity index (χ1v) is 9.91. The molecule has 6 nitrogen and oxygen atoms in total. The standard InChI is InChI=1S/C23H21BrN2O4/c1-28-19-11-10-17(22(13-19)29-2)14-25-26-23(27)20-8-3-4-9-21(20)30-15-16-6-5-7-18(24)12-16/h3-14H,15H2,1-2H3,(H,26,27)/b25-14+. The Morgan fingerprint density at radius 2 is 1.83 bits per heavy atom. The minimum atomic E-state index is -0.372. The number of methoxy groups -OCH3 is 2. The SMILES string of the molecule is COc1ccc(/C=N/NC(=O)c2ccccc2OCc2cccc(Br)c2)c(OC)c1. The highest BCUT2D eigenvalue weighted by Gasteiger charge is 2.12. The van der Waals surface area contributed by atoms with Gasteiger partial charge in [0.25, 0.3) is 5.91 Å². The lowest BCUT2D eigenvalue weighted by molar-refractivity contribution is 0.0950. The second-order valence-electron chi connectivity index (χ2n) is 6.22. The zero-order valence-electron chi connectivity index (χ0n) is 16.6. The van der Waals surface area contributed by atoms with Crippen LogP contribution < -0.4 is 19.6 Å². The summed E-state index contributed by atoms with van der Waals surface area (Å²) in [6.45, 7) is 0.343. The summed E-state index contributed by atoms with van der Waals surface area (Å²) < 4.78 is 17.3. The molecule has 0 atom stereocenters. The van der Waals surface area contributed by atoms with Crippen LogP contribution in [0, 0.1) is 0 Å². The summed E-state index contributed by atoms with van der Waals surface area (Å²) >= 11 is 3.44. The van der Waals surface area contributed by atoms with Crippen LogP contribution in [0.2, 0.25) is 0 Å². The van der Waals surface area contributed by atoms with Gasteiger partial charge in [0.15, 0.2) is 0 Å². The van der Waals surface area contributed by atoms with E-state index in [2.05, 4.69) is 26.5 Å². The Labute approximate surface area is 183 Å². The van der Waals surface area contributed by atoms with Crippen LogP contribution in [-0.4, -0.2) is 26.3 Å². The van der Waals surface area contributed by atoms with Crippen molar-refractivity contribution in [3.8, 4) is 17.2 Å². The molecule has 0 bridgehead atoms. The highest BCUT2D eigenvalue weighted by molar-refractivity contribution is 9.10. The van der Waals surface area contributed by atoms with Gasteiger partial charge in [0.2, 0.25) is 0 Å². The van der Waals surface area contributed by atoms with Gasteiger partial charge in [-0.2, -0.15) is 5.10 Å². The molecule has 0 radical (unpaired) electrons. The zero-order valence-corrected chi connectivity index (χ0v) is 18.2. The highest BCUT2D eigenvalue weighted by atomic mass is 79.9. The maximum atomic E-state index is 12.6. The maximum absolute atomic E-state index is 12.6. The molecule has 30 heavy (non-hydrogen) atoms. The summed E-state index contributed by atoms with van der Waals surface area (Å²) in [7, 11) is 3.14. The molecule has 0 aliphatic carbocycles. The van der Waals surface area contributed by atoms with E-state index in [1.165, 1.54) is 6.21 Å². The third kappa shape index (κ3) is 5.61. The van der Waals surface area contributed by atoms with Gasteiger partial charge >= 0.3 is 0 Å². The van der Waals surface area contributed by atoms with Crippen LogP contribution in [-0.2, 0) is 6.61 Å². The first-order chi connectivity index (χ1) is 14.6. The van der Waals surface area contributed by atoms with Gasteiger partial charge < -0.3 is 14.2 Å². The van der Waals surface area contributed by atoms with Crippen LogP contribution in [0.25, 0.3) is 0 Å². The van der Waals surface area contributed by atoms with Crippen LogP contribution in [0.3, 0.4) is 0 Å². The number of rotatable bonds is 8. The number of para-hydroxylation sites is 1. The molecule has 0 heterocycles. The number of hydrogen-bond acceptors (Lipinski definition) is 5. The van der Waals surface area contributed by atoms with Crippen molar-refractivity contribution in [2.24, 2.45) is 5.10 Å². The number of amides is 1. The Morgan fingerprint density at radius 3 is 2.60 bits per heavy atom. The van der Waals surface area contributed by atoms with Crippen molar-refractivity contribution in [3.05, 3.63) is 87.9 Å². The average Bonchev–Trinajstić information content (AvgIpc) is 2.78. The van der Waals surface area contributed by atoms with Gasteiger partial charge in [0, 0.05) is 16.1 Å². The lowest BCUT2D eigenvalue weighted by Crippen LogP contribution is -2.18. The van der Waals surface area contributed by atoms with Crippen LogP contribution in [0.1, 0.15) is 21.5 Å². The van der Waals surface area contributed by atoms with E-state index in [0.29, 0.717) is 35.0 Å². The van der Waals surface area contributed by atoms with Gasteiger partial charge in [0.1, 0.15) is 23.9 Å². The van der Waals surface area contributed by atoms with Crippen LogP contribution >= 0.6 is 15.9 Å². The molecule has 3 aromatic carbocycles. The average molecular weight is 469 g/mol. The van der Waals surface area contributed by atoms with Crippen molar-refractivity contribution >= 4 is 28.1 Å². The predicted octanol–water partition coefficient (Wildman–Crippen LogP) is 4.81. The van der Waals surface area contributed by atoms with E-state index in [0.717, 1.165) is 10.0 Å². The molecule has 0 unspecified atom stereocenters. The molecule has 0 fully saturated rings. The molecule has 1 amide bonds. The molecule has 0 aliphatic heterocycles. The lowest BCUT2D eigenvalue weighted by Gasteiger charge is -2.11. The largest absolute Gasteiger partial charge is 0.497 e. The molecule has 0 saturated carbocycles. The summed E-state index contributed by atoms with van der Waals surface area (Å²) in [5.74, 6) is 1.37. The summed E-state index contributed by atoms with van der Waals surface area (Å²) in [5.41, 5.74) is 4.62. The van der Waals surface area contributed by atoms with Crippen LogP contribution in [0.15, 0.2) is 76.3 Å². The lowest BCUT2D eigenvalue weighted by atomic mass is 10.2. The van der Waals surface area contributed by atoms with Gasteiger partial charge in [-0.1, -0.05) is 40.2 Å². The highest BCUT2D eigenvalue weighted by Crippen LogP contribution is 2.23. The quantitative estimate of drug-likeness (QED) is 0.380. The van der Waals surface area contributed by atoms with E-state index < -0.39 is 0 Å². The Hall–Kier alpha value is -3.32. The number of hydrogen-bond donors (Lipinski definition) is 1. The molecule has 3 rings (SSSR count). The fourth-order valence-electron chi connectivity index (χ4n) is 2.71. The van der Waals surface area contributed by atoms with E-state index in [9.17, 15) is 4.79 Å². The first-order valence-electron chi connectivity index (χ1n) is 9.12. The topological polar surface area (TPSA) is 69.2 Å². The van der Waals surface area contributed by atoms with E-state index in [-0.39, 0.29) is 5.91 Å². The monoisotopic (exact) mass is 468 g/mol. The Balaban J connectivity index is 1.68. The molecule has 1 N–H and O–H groups in total. The van der Waals surface area contributed by atoms with Crippen molar-refractivity contribution in [2.75, 3.05) is 14.2 Å². The van der Waals surface area contributed by atoms with Crippen molar-refractivity contribution in [2.45, 2.75) is 6.61 Å². The smallest absolute Gasteiger partial charge is 0.275 e. The Kier molecular flexibility index (Phi) is 7.45. The molecule has 0 aliphatic rings. The second kappa shape index (κ2) is 10.5. The summed E-state index contributed by atoms with van der Waals surface area (Å²) in [6, 6.07) is 20.2. The molecule has 154 valence electrons.